The molecule has 0 spiro atoms. The van der Waals surface area contributed by atoms with Crippen molar-refractivity contribution in [3.8, 4) is 11.5 Å². The molecule has 8 nitrogen and oxygen atoms in total. The number of pyridine rings is 2. The number of hydrogen-bond donors (Lipinski definition) is 3. The molecule has 0 aromatic carbocycles. The average Bonchev–Trinajstić information content (AvgIpc) is 2.54. The van der Waals surface area contributed by atoms with E-state index in [9.17, 15) is 4.39 Å². The van der Waals surface area contributed by atoms with Crippen molar-refractivity contribution in [2.45, 2.75) is 19.9 Å². The number of halogens is 1. The molecule has 0 amide bonds. The van der Waals surface area contributed by atoms with Crippen LogP contribution in [0.5, 0.6) is 0 Å². The number of nitrogens with two attached hydrogens (primary N) is 1. The lowest BCUT2D eigenvalue weighted by Crippen LogP contribution is -2.14. The molecular formula is C16H17FN8. The Morgan fingerprint density at radius 3 is 2.56 bits per heavy atom. The summed E-state index contributed by atoms with van der Waals surface area (Å²) in [5, 5.41) is 6.04. The van der Waals surface area contributed by atoms with E-state index in [-0.39, 0.29) is 12.0 Å². The predicted octanol–water partition coefficient (Wildman–Crippen LogP) is 2.61. The molecule has 0 saturated heterocycles. The van der Waals surface area contributed by atoms with Crippen LogP contribution >= 0.6 is 0 Å². The van der Waals surface area contributed by atoms with Gasteiger partial charge in [0.15, 0.2) is 5.82 Å². The highest BCUT2D eigenvalue weighted by atomic mass is 19.1. The van der Waals surface area contributed by atoms with Gasteiger partial charge < -0.3 is 16.4 Å². The summed E-state index contributed by atoms with van der Waals surface area (Å²) in [6.45, 7) is 3.93. The summed E-state index contributed by atoms with van der Waals surface area (Å²) in [5.41, 5.74) is 6.66. The van der Waals surface area contributed by atoms with Crippen LogP contribution < -0.4 is 16.4 Å². The number of aromatic nitrogens is 5. The molecule has 0 radical (unpaired) electrons. The van der Waals surface area contributed by atoms with Gasteiger partial charge in [0.2, 0.25) is 11.9 Å². The van der Waals surface area contributed by atoms with Crippen LogP contribution in [0.1, 0.15) is 13.8 Å². The molecule has 4 N–H and O–H groups in total. The van der Waals surface area contributed by atoms with E-state index in [1.807, 2.05) is 13.8 Å². The molecule has 25 heavy (non-hydrogen) atoms. The number of nitrogen functional groups attached to an aromatic ring is 1. The number of rotatable bonds is 5. The van der Waals surface area contributed by atoms with Crippen LogP contribution in [0, 0.1) is 5.82 Å². The van der Waals surface area contributed by atoms with Gasteiger partial charge in [-0.15, -0.1) is 0 Å². The monoisotopic (exact) mass is 340 g/mol. The van der Waals surface area contributed by atoms with Crippen LogP contribution in [-0.4, -0.2) is 31.0 Å². The predicted molar refractivity (Wildman–Crippen MR) is 93.7 cm³/mol. The molecule has 0 aliphatic heterocycles. The van der Waals surface area contributed by atoms with Crippen LogP contribution in [0.2, 0.25) is 0 Å². The molecule has 0 atom stereocenters. The third-order valence-electron chi connectivity index (χ3n) is 3.01. The lowest BCUT2D eigenvalue weighted by Gasteiger charge is -2.12. The lowest BCUT2D eigenvalue weighted by atomic mass is 10.3. The third kappa shape index (κ3) is 4.34. The Morgan fingerprint density at radius 1 is 1.04 bits per heavy atom. The van der Waals surface area contributed by atoms with Crippen LogP contribution in [0.3, 0.4) is 0 Å². The van der Waals surface area contributed by atoms with Crippen LogP contribution in [0.25, 0.3) is 11.5 Å². The topological polar surface area (TPSA) is 115 Å². The van der Waals surface area contributed by atoms with Gasteiger partial charge in [0.25, 0.3) is 0 Å². The minimum Gasteiger partial charge on any atom is -0.384 e. The van der Waals surface area contributed by atoms with E-state index in [1.165, 1.54) is 12.3 Å². The zero-order chi connectivity index (χ0) is 17.8. The molecule has 3 aromatic rings. The maximum absolute atomic E-state index is 13.3. The highest BCUT2D eigenvalue weighted by Gasteiger charge is 2.11. The number of hydrogen-bond acceptors (Lipinski definition) is 8. The van der Waals surface area contributed by atoms with Gasteiger partial charge in [-0.1, -0.05) is 6.07 Å². The Bertz CT molecular complexity index is 884. The van der Waals surface area contributed by atoms with E-state index >= 15 is 0 Å². The maximum Gasteiger partial charge on any atom is 0.232 e. The number of anilines is 4. The summed E-state index contributed by atoms with van der Waals surface area (Å²) in [7, 11) is 0. The Morgan fingerprint density at radius 2 is 1.84 bits per heavy atom. The molecule has 0 unspecified atom stereocenters. The van der Waals surface area contributed by atoms with E-state index in [1.54, 1.807) is 18.2 Å². The fourth-order valence-electron chi connectivity index (χ4n) is 2.05. The molecule has 0 fully saturated rings. The van der Waals surface area contributed by atoms with Crippen molar-refractivity contribution in [1.29, 1.82) is 0 Å². The highest BCUT2D eigenvalue weighted by Crippen LogP contribution is 2.20. The van der Waals surface area contributed by atoms with Gasteiger partial charge >= 0.3 is 0 Å². The first-order valence-electron chi connectivity index (χ1n) is 7.63. The molecular weight excluding hydrogens is 323 g/mol. The van der Waals surface area contributed by atoms with E-state index in [0.717, 1.165) is 6.20 Å². The molecule has 3 rings (SSSR count). The van der Waals surface area contributed by atoms with Crippen molar-refractivity contribution in [3.05, 3.63) is 42.5 Å². The number of nitrogens with zero attached hydrogens (tertiary/aromatic N) is 5. The standard InChI is InChI=1S/C16H17FN8/c1-9(2)20-15-23-14(12-4-3-5-13(18)22-12)24-16(25-15)21-11-6-10(17)7-19-8-11/h3-9H,1-2H3,(H2,18,22)(H2,20,21,23,24,25). The van der Waals surface area contributed by atoms with E-state index in [4.69, 9.17) is 5.73 Å². The van der Waals surface area contributed by atoms with Gasteiger partial charge in [-0.3, -0.25) is 4.98 Å². The van der Waals surface area contributed by atoms with Gasteiger partial charge in [-0.2, -0.15) is 15.0 Å². The van der Waals surface area contributed by atoms with Gasteiger partial charge in [-0.25, -0.2) is 9.37 Å². The molecule has 0 bridgehead atoms. The van der Waals surface area contributed by atoms with Gasteiger partial charge in [0.05, 0.1) is 18.1 Å². The minimum absolute atomic E-state index is 0.118. The summed E-state index contributed by atoms with van der Waals surface area (Å²) in [4.78, 5) is 21.0. The summed E-state index contributed by atoms with van der Waals surface area (Å²) in [5.74, 6) is 0.857. The normalized spacial score (nSPS) is 10.7. The van der Waals surface area contributed by atoms with Crippen molar-refractivity contribution in [2.24, 2.45) is 0 Å². The minimum atomic E-state index is -0.461. The van der Waals surface area contributed by atoms with Crippen molar-refractivity contribution in [2.75, 3.05) is 16.4 Å². The summed E-state index contributed by atoms with van der Waals surface area (Å²) >= 11 is 0. The van der Waals surface area contributed by atoms with Crippen LogP contribution in [0.4, 0.5) is 27.8 Å². The quantitative estimate of drug-likeness (QED) is 0.649. The van der Waals surface area contributed by atoms with Gasteiger partial charge in [0.1, 0.15) is 17.3 Å². The maximum atomic E-state index is 13.3. The van der Waals surface area contributed by atoms with Crippen LogP contribution in [-0.2, 0) is 0 Å². The number of nitrogens with one attached hydrogen (secondary N) is 2. The average molecular weight is 340 g/mol. The first kappa shape index (κ1) is 16.5. The molecule has 3 aromatic heterocycles. The SMILES string of the molecule is CC(C)Nc1nc(Nc2cncc(F)c2)nc(-c2cccc(N)n2)n1. The highest BCUT2D eigenvalue weighted by molar-refractivity contribution is 5.59. The molecule has 3 heterocycles. The second kappa shape index (κ2) is 7.04. The van der Waals surface area contributed by atoms with Crippen molar-refractivity contribution >= 4 is 23.4 Å². The van der Waals surface area contributed by atoms with Crippen molar-refractivity contribution in [1.82, 2.24) is 24.9 Å². The van der Waals surface area contributed by atoms with E-state index in [0.29, 0.717) is 29.0 Å². The second-order valence-electron chi connectivity index (χ2n) is 5.57. The third-order valence-corrected chi connectivity index (χ3v) is 3.01. The fourth-order valence-corrected chi connectivity index (χ4v) is 2.05. The lowest BCUT2D eigenvalue weighted by molar-refractivity contribution is 0.622. The Balaban J connectivity index is 2.00. The van der Waals surface area contributed by atoms with E-state index in [2.05, 4.69) is 35.6 Å². The van der Waals surface area contributed by atoms with Gasteiger partial charge in [0, 0.05) is 12.1 Å². The van der Waals surface area contributed by atoms with E-state index < -0.39 is 5.82 Å². The molecule has 9 heteroatoms. The first-order valence-corrected chi connectivity index (χ1v) is 7.63. The fraction of sp³-hybridized carbons (Fsp3) is 0.188. The molecule has 0 aliphatic rings. The summed E-state index contributed by atoms with van der Waals surface area (Å²) in [6.07, 6.45) is 2.59. The summed E-state index contributed by atoms with van der Waals surface area (Å²) < 4.78 is 13.3. The van der Waals surface area contributed by atoms with Crippen LogP contribution in [0.15, 0.2) is 36.7 Å². The zero-order valence-corrected chi connectivity index (χ0v) is 13.7. The Kier molecular flexibility index (Phi) is 4.64. The molecule has 0 aliphatic carbocycles. The smallest absolute Gasteiger partial charge is 0.232 e. The molecule has 128 valence electrons. The summed E-state index contributed by atoms with van der Waals surface area (Å²) in [6, 6.07) is 6.60. The zero-order valence-electron chi connectivity index (χ0n) is 13.7. The van der Waals surface area contributed by atoms with Gasteiger partial charge in [-0.05, 0) is 26.0 Å². The Labute approximate surface area is 143 Å². The second-order valence-corrected chi connectivity index (χ2v) is 5.57. The van der Waals surface area contributed by atoms with Crippen molar-refractivity contribution in [3.63, 3.8) is 0 Å². The van der Waals surface area contributed by atoms with Crippen molar-refractivity contribution < 1.29 is 4.39 Å². The first-order chi connectivity index (χ1) is 12.0. The molecule has 0 saturated carbocycles. The Hall–Kier alpha value is -3.36. The largest absolute Gasteiger partial charge is 0.384 e.